The lowest BCUT2D eigenvalue weighted by molar-refractivity contribution is -0.921. The molecular formula is C15H21FN3O2+. The SMILES string of the molecule is C[C@H](C(=O)Nc1ccccc1F)[NH+]1CCC[C@H](C(N)=O)C1. The fourth-order valence-electron chi connectivity index (χ4n) is 2.72. The lowest BCUT2D eigenvalue weighted by Crippen LogP contribution is -3.18. The third-order valence-electron chi connectivity index (χ3n) is 4.10. The normalized spacial score (nSPS) is 23.3. The number of benzene rings is 1. The average Bonchev–Trinajstić information content (AvgIpc) is 2.49. The van der Waals surface area contributed by atoms with Gasteiger partial charge in [-0.3, -0.25) is 9.59 Å². The molecule has 0 radical (unpaired) electrons. The van der Waals surface area contributed by atoms with Crippen LogP contribution in [0.25, 0.3) is 0 Å². The summed E-state index contributed by atoms with van der Waals surface area (Å²) in [4.78, 5) is 24.5. The average molecular weight is 294 g/mol. The Morgan fingerprint density at radius 2 is 2.14 bits per heavy atom. The van der Waals surface area contributed by atoms with Crippen molar-refractivity contribution in [2.24, 2.45) is 11.7 Å². The van der Waals surface area contributed by atoms with Crippen LogP contribution in [0.3, 0.4) is 0 Å². The number of para-hydroxylation sites is 1. The van der Waals surface area contributed by atoms with Gasteiger partial charge in [0.25, 0.3) is 5.91 Å². The number of quaternary nitrogens is 1. The summed E-state index contributed by atoms with van der Waals surface area (Å²) in [5.41, 5.74) is 5.52. The van der Waals surface area contributed by atoms with E-state index in [0.717, 1.165) is 24.3 Å². The first-order valence-corrected chi connectivity index (χ1v) is 7.18. The van der Waals surface area contributed by atoms with Crippen molar-refractivity contribution in [3.05, 3.63) is 30.1 Å². The van der Waals surface area contributed by atoms with E-state index in [0.29, 0.717) is 6.54 Å². The molecule has 1 saturated heterocycles. The molecule has 0 aliphatic carbocycles. The van der Waals surface area contributed by atoms with E-state index < -0.39 is 5.82 Å². The molecule has 0 spiro atoms. The van der Waals surface area contributed by atoms with Gasteiger partial charge in [0.15, 0.2) is 6.04 Å². The Bertz CT molecular complexity index is 535. The number of primary amides is 1. The van der Waals surface area contributed by atoms with E-state index in [2.05, 4.69) is 5.32 Å². The molecule has 0 aromatic heterocycles. The monoisotopic (exact) mass is 294 g/mol. The number of amides is 2. The highest BCUT2D eigenvalue weighted by Gasteiger charge is 2.33. The Kier molecular flexibility index (Phi) is 4.90. The van der Waals surface area contributed by atoms with Gasteiger partial charge in [0.05, 0.1) is 24.7 Å². The molecule has 1 heterocycles. The first-order valence-electron chi connectivity index (χ1n) is 7.18. The molecule has 21 heavy (non-hydrogen) atoms. The van der Waals surface area contributed by atoms with Gasteiger partial charge in [-0.05, 0) is 31.9 Å². The zero-order valence-corrected chi connectivity index (χ0v) is 12.1. The van der Waals surface area contributed by atoms with Crippen LogP contribution >= 0.6 is 0 Å². The molecule has 114 valence electrons. The fourth-order valence-corrected chi connectivity index (χ4v) is 2.72. The van der Waals surface area contributed by atoms with Gasteiger partial charge in [0.2, 0.25) is 5.91 Å². The summed E-state index contributed by atoms with van der Waals surface area (Å²) >= 11 is 0. The Balaban J connectivity index is 1.99. The molecule has 2 amide bonds. The van der Waals surface area contributed by atoms with Crippen molar-refractivity contribution >= 4 is 17.5 Å². The molecule has 1 fully saturated rings. The highest BCUT2D eigenvalue weighted by atomic mass is 19.1. The second-order valence-electron chi connectivity index (χ2n) is 5.54. The van der Waals surface area contributed by atoms with Gasteiger partial charge in [-0.1, -0.05) is 12.1 Å². The molecule has 1 aliphatic rings. The Hall–Kier alpha value is -1.95. The first-order chi connectivity index (χ1) is 9.99. The quantitative estimate of drug-likeness (QED) is 0.727. The number of piperidine rings is 1. The molecule has 1 aromatic rings. The van der Waals surface area contributed by atoms with Crippen LogP contribution in [-0.4, -0.2) is 30.9 Å². The lowest BCUT2D eigenvalue weighted by atomic mass is 9.96. The van der Waals surface area contributed by atoms with E-state index >= 15 is 0 Å². The molecule has 5 nitrogen and oxygen atoms in total. The number of nitrogens with one attached hydrogen (secondary N) is 2. The molecule has 3 atom stereocenters. The Morgan fingerprint density at radius 3 is 2.81 bits per heavy atom. The molecular weight excluding hydrogens is 273 g/mol. The largest absolute Gasteiger partial charge is 0.369 e. The van der Waals surface area contributed by atoms with Crippen molar-refractivity contribution in [3.63, 3.8) is 0 Å². The predicted octanol–water partition coefficient (Wildman–Crippen LogP) is -0.0671. The number of anilines is 1. The maximum Gasteiger partial charge on any atom is 0.282 e. The van der Waals surface area contributed by atoms with Gasteiger partial charge in [-0.15, -0.1) is 0 Å². The smallest absolute Gasteiger partial charge is 0.282 e. The van der Waals surface area contributed by atoms with E-state index in [9.17, 15) is 14.0 Å². The van der Waals surface area contributed by atoms with E-state index in [4.69, 9.17) is 5.73 Å². The number of nitrogens with two attached hydrogens (primary N) is 1. The fraction of sp³-hybridized carbons (Fsp3) is 0.467. The molecule has 4 N–H and O–H groups in total. The summed E-state index contributed by atoms with van der Waals surface area (Å²) in [6.45, 7) is 3.16. The topological polar surface area (TPSA) is 76.6 Å². The van der Waals surface area contributed by atoms with Gasteiger partial charge in [0.1, 0.15) is 5.82 Å². The predicted molar refractivity (Wildman–Crippen MR) is 77.1 cm³/mol. The van der Waals surface area contributed by atoms with Crippen LogP contribution in [0.2, 0.25) is 0 Å². The van der Waals surface area contributed by atoms with Crippen LogP contribution in [0.4, 0.5) is 10.1 Å². The zero-order chi connectivity index (χ0) is 15.4. The maximum atomic E-state index is 13.5. The van der Waals surface area contributed by atoms with Crippen LogP contribution in [0.5, 0.6) is 0 Å². The second kappa shape index (κ2) is 6.67. The van der Waals surface area contributed by atoms with Gasteiger partial charge >= 0.3 is 0 Å². The molecule has 0 bridgehead atoms. The van der Waals surface area contributed by atoms with Crippen LogP contribution in [0.1, 0.15) is 19.8 Å². The summed E-state index contributed by atoms with van der Waals surface area (Å²) in [6.07, 6.45) is 1.64. The summed E-state index contributed by atoms with van der Waals surface area (Å²) in [5, 5.41) is 2.60. The van der Waals surface area contributed by atoms with Crippen molar-refractivity contribution in [1.29, 1.82) is 0 Å². The lowest BCUT2D eigenvalue weighted by Gasteiger charge is -2.31. The summed E-state index contributed by atoms with van der Waals surface area (Å²) in [7, 11) is 0. The van der Waals surface area contributed by atoms with Gasteiger partial charge in [-0.2, -0.15) is 0 Å². The van der Waals surface area contributed by atoms with Crippen LogP contribution in [0.15, 0.2) is 24.3 Å². The summed E-state index contributed by atoms with van der Waals surface area (Å²) in [5.74, 6) is -1.20. The van der Waals surface area contributed by atoms with E-state index in [1.807, 2.05) is 0 Å². The molecule has 1 unspecified atom stereocenters. The standard InChI is InChI=1S/C15H20FN3O2/c1-10(19-8-4-5-11(9-19)14(17)20)15(21)18-13-7-3-2-6-12(13)16/h2-3,6-7,10-11H,4-5,8-9H2,1H3,(H2,17,20)(H,18,21)/p+1/t10-,11+/m1/s1. The highest BCUT2D eigenvalue weighted by Crippen LogP contribution is 2.12. The van der Waals surface area contributed by atoms with Gasteiger partial charge < -0.3 is 16.0 Å². The van der Waals surface area contributed by atoms with Crippen molar-refractivity contribution in [2.45, 2.75) is 25.8 Å². The van der Waals surface area contributed by atoms with Gasteiger partial charge in [-0.25, -0.2) is 4.39 Å². The second-order valence-corrected chi connectivity index (χ2v) is 5.54. The minimum Gasteiger partial charge on any atom is -0.369 e. The number of rotatable bonds is 4. The Labute approximate surface area is 123 Å². The third kappa shape index (κ3) is 3.78. The minimum atomic E-state index is -0.457. The van der Waals surface area contributed by atoms with Crippen molar-refractivity contribution in [3.8, 4) is 0 Å². The number of likely N-dealkylation sites (tertiary alicyclic amines) is 1. The molecule has 6 heteroatoms. The van der Waals surface area contributed by atoms with E-state index in [-0.39, 0.29) is 29.5 Å². The Morgan fingerprint density at radius 1 is 1.43 bits per heavy atom. The zero-order valence-electron chi connectivity index (χ0n) is 12.1. The van der Waals surface area contributed by atoms with E-state index in [1.165, 1.54) is 12.1 Å². The van der Waals surface area contributed by atoms with Gasteiger partial charge in [0, 0.05) is 0 Å². The molecule has 0 saturated carbocycles. The van der Waals surface area contributed by atoms with Crippen molar-refractivity contribution in [1.82, 2.24) is 0 Å². The van der Waals surface area contributed by atoms with Crippen molar-refractivity contribution in [2.75, 3.05) is 18.4 Å². The summed E-state index contributed by atoms with van der Waals surface area (Å²) in [6, 6.07) is 5.71. The number of carbonyl (C=O) groups excluding carboxylic acids is 2. The first kappa shape index (κ1) is 15.4. The van der Waals surface area contributed by atoms with Crippen LogP contribution in [-0.2, 0) is 9.59 Å². The highest BCUT2D eigenvalue weighted by molar-refractivity contribution is 5.93. The van der Waals surface area contributed by atoms with E-state index in [1.54, 1.807) is 19.1 Å². The third-order valence-corrected chi connectivity index (χ3v) is 4.10. The minimum absolute atomic E-state index is 0.178. The molecule has 2 rings (SSSR count). The number of carbonyl (C=O) groups is 2. The molecule has 1 aromatic carbocycles. The number of hydrogen-bond acceptors (Lipinski definition) is 2. The number of hydrogen-bond donors (Lipinski definition) is 3. The number of halogens is 1. The van der Waals surface area contributed by atoms with Crippen molar-refractivity contribution < 1.29 is 18.9 Å². The van der Waals surface area contributed by atoms with Crippen LogP contribution < -0.4 is 16.0 Å². The molecule has 1 aliphatic heterocycles. The maximum absolute atomic E-state index is 13.5. The van der Waals surface area contributed by atoms with Crippen LogP contribution in [0, 0.1) is 11.7 Å². The summed E-state index contributed by atoms with van der Waals surface area (Å²) < 4.78 is 13.5.